The minimum absolute atomic E-state index is 0.00421. The first-order valence-electron chi connectivity index (χ1n) is 10.9. The number of aliphatic hydroxyl groups is 1. The van der Waals surface area contributed by atoms with E-state index < -0.39 is 11.4 Å². The van der Waals surface area contributed by atoms with E-state index in [0.29, 0.717) is 0 Å². The van der Waals surface area contributed by atoms with Crippen molar-refractivity contribution in [3.05, 3.63) is 35.4 Å². The maximum Gasteiger partial charge on any atom is 0.262 e. The van der Waals surface area contributed by atoms with Gasteiger partial charge in [-0.1, -0.05) is 32.9 Å². The van der Waals surface area contributed by atoms with Crippen molar-refractivity contribution in [2.45, 2.75) is 40.2 Å². The number of benzene rings is 1. The fourth-order valence-electron chi connectivity index (χ4n) is 2.61. The Morgan fingerprint density at radius 3 is 2.35 bits per heavy atom. The zero-order valence-corrected chi connectivity index (χ0v) is 19.6. The van der Waals surface area contributed by atoms with Crippen LogP contribution in [0.2, 0.25) is 0 Å². The smallest absolute Gasteiger partial charge is 0.262 e. The Kier molecular flexibility index (Phi) is 11.9. The summed E-state index contributed by atoms with van der Waals surface area (Å²) < 4.78 is 5.34. The summed E-state index contributed by atoms with van der Waals surface area (Å²) in [6.07, 6.45) is 1.54. The number of rotatable bonds is 8. The van der Waals surface area contributed by atoms with Gasteiger partial charge in [0.05, 0.1) is 25.4 Å². The Balaban J connectivity index is 0.00000110. The van der Waals surface area contributed by atoms with Crippen molar-refractivity contribution >= 4 is 17.7 Å². The summed E-state index contributed by atoms with van der Waals surface area (Å²) in [5.74, 6) is 0.337. The van der Waals surface area contributed by atoms with Gasteiger partial charge in [0.15, 0.2) is 0 Å². The third-order valence-electron chi connectivity index (χ3n) is 4.29. The molecule has 31 heavy (non-hydrogen) atoms. The molecular weight excluding hydrogens is 392 g/mol. The van der Waals surface area contributed by atoms with Crippen LogP contribution in [0.1, 0.15) is 40.2 Å². The van der Waals surface area contributed by atoms with Gasteiger partial charge in [0.1, 0.15) is 11.6 Å². The number of aliphatic hydroxyl groups excluding tert-OH is 1. The maximum absolute atomic E-state index is 12.2. The van der Waals surface area contributed by atoms with Crippen molar-refractivity contribution in [3.63, 3.8) is 0 Å². The molecule has 0 aromatic heterocycles. The Hall–Kier alpha value is -2.40. The highest BCUT2D eigenvalue weighted by molar-refractivity contribution is 6.02. The zero-order chi connectivity index (χ0) is 23.3. The molecule has 1 aromatic rings. The molecule has 0 aliphatic carbocycles. The van der Waals surface area contributed by atoms with Crippen molar-refractivity contribution in [3.8, 4) is 6.07 Å². The number of carbonyl (C=O) groups is 1. The third-order valence-corrected chi connectivity index (χ3v) is 4.29. The van der Waals surface area contributed by atoms with Gasteiger partial charge < -0.3 is 20.5 Å². The second-order valence-electron chi connectivity index (χ2n) is 8.90. The van der Waals surface area contributed by atoms with Crippen molar-refractivity contribution in [2.75, 3.05) is 51.3 Å². The lowest BCUT2D eigenvalue weighted by Gasteiger charge is -2.26. The number of hydrogen-bond acceptors (Lipinski definition) is 6. The van der Waals surface area contributed by atoms with Gasteiger partial charge in [0.25, 0.3) is 5.91 Å². The molecule has 1 aliphatic rings. The van der Waals surface area contributed by atoms with Crippen LogP contribution in [0.5, 0.6) is 0 Å². The molecular formula is C24H38N4O3. The Morgan fingerprint density at radius 1 is 1.26 bits per heavy atom. The van der Waals surface area contributed by atoms with Crippen LogP contribution in [-0.2, 0) is 9.53 Å². The highest BCUT2D eigenvalue weighted by atomic mass is 16.5. The standard InChI is InChI=1S/C20H28N4O3.C4H10/c1-20(2,15-25)23-19(26)17(14-21)13-16-3-5-18(6-4-16)22-7-8-24-9-11-27-12-10-24;1-4(2)3/h3-6,13,22,25H,7-12,15H2,1-2H3,(H,23,26);4H,1-3H3/b17-13+;. The normalized spacial score (nSPS) is 15.0. The molecule has 1 fully saturated rings. The number of amides is 1. The number of nitriles is 1. The summed E-state index contributed by atoms with van der Waals surface area (Å²) in [6, 6.07) is 9.49. The van der Waals surface area contributed by atoms with E-state index in [-0.39, 0.29) is 12.2 Å². The summed E-state index contributed by atoms with van der Waals surface area (Å²) in [6.45, 7) is 15.0. The van der Waals surface area contributed by atoms with E-state index in [1.165, 1.54) is 0 Å². The number of hydrogen-bond donors (Lipinski definition) is 3. The zero-order valence-electron chi connectivity index (χ0n) is 19.6. The minimum atomic E-state index is -0.777. The van der Waals surface area contributed by atoms with E-state index in [2.05, 4.69) is 36.3 Å². The molecule has 1 aromatic carbocycles. The second-order valence-corrected chi connectivity index (χ2v) is 8.90. The van der Waals surface area contributed by atoms with Gasteiger partial charge in [-0.15, -0.1) is 0 Å². The predicted molar refractivity (Wildman–Crippen MR) is 126 cm³/mol. The monoisotopic (exact) mass is 430 g/mol. The van der Waals surface area contributed by atoms with Crippen LogP contribution in [0.25, 0.3) is 6.08 Å². The van der Waals surface area contributed by atoms with Crippen LogP contribution < -0.4 is 10.6 Å². The highest BCUT2D eigenvalue weighted by Gasteiger charge is 2.21. The lowest BCUT2D eigenvalue weighted by atomic mass is 10.1. The van der Waals surface area contributed by atoms with E-state index in [4.69, 9.17) is 4.74 Å². The van der Waals surface area contributed by atoms with E-state index in [1.54, 1.807) is 19.9 Å². The van der Waals surface area contributed by atoms with Gasteiger partial charge in [-0.05, 0) is 43.5 Å². The molecule has 7 nitrogen and oxygen atoms in total. The van der Waals surface area contributed by atoms with Crippen LogP contribution in [-0.4, -0.2) is 67.5 Å². The fraction of sp³-hybridized carbons (Fsp3) is 0.583. The van der Waals surface area contributed by atoms with Crippen LogP contribution >= 0.6 is 0 Å². The molecule has 0 bridgehead atoms. The fourth-order valence-corrected chi connectivity index (χ4v) is 2.61. The van der Waals surface area contributed by atoms with Gasteiger partial charge in [-0.25, -0.2) is 0 Å². The van der Waals surface area contributed by atoms with Gasteiger partial charge in [0.2, 0.25) is 0 Å². The summed E-state index contributed by atoms with van der Waals surface area (Å²) in [7, 11) is 0. The molecule has 1 saturated heterocycles. The number of morpholine rings is 1. The second kappa shape index (κ2) is 13.8. The summed E-state index contributed by atoms with van der Waals surface area (Å²) in [5, 5.41) is 24.5. The minimum Gasteiger partial charge on any atom is -0.394 e. The Morgan fingerprint density at radius 2 is 1.84 bits per heavy atom. The van der Waals surface area contributed by atoms with Gasteiger partial charge in [-0.3, -0.25) is 9.69 Å². The van der Waals surface area contributed by atoms with E-state index in [0.717, 1.165) is 56.6 Å². The van der Waals surface area contributed by atoms with E-state index in [1.807, 2.05) is 30.3 Å². The molecule has 3 N–H and O–H groups in total. The van der Waals surface area contributed by atoms with Crippen LogP contribution in [0.3, 0.4) is 0 Å². The molecule has 0 spiro atoms. The molecule has 172 valence electrons. The Bertz CT molecular complexity index is 727. The maximum atomic E-state index is 12.2. The van der Waals surface area contributed by atoms with Gasteiger partial charge in [0, 0.05) is 31.9 Å². The lowest BCUT2D eigenvalue weighted by Crippen LogP contribution is -2.46. The van der Waals surface area contributed by atoms with Crippen molar-refractivity contribution in [1.29, 1.82) is 5.26 Å². The summed E-state index contributed by atoms with van der Waals surface area (Å²) in [4.78, 5) is 14.5. The largest absolute Gasteiger partial charge is 0.394 e. The number of nitrogens with zero attached hydrogens (tertiary/aromatic N) is 2. The van der Waals surface area contributed by atoms with Crippen LogP contribution in [0.4, 0.5) is 5.69 Å². The molecule has 0 radical (unpaired) electrons. The molecule has 0 unspecified atom stereocenters. The molecule has 2 rings (SSSR count). The first kappa shape index (κ1) is 26.6. The average Bonchev–Trinajstić information content (AvgIpc) is 2.73. The number of anilines is 1. The predicted octanol–water partition coefficient (Wildman–Crippen LogP) is 2.89. The molecule has 0 saturated carbocycles. The first-order valence-corrected chi connectivity index (χ1v) is 10.9. The molecule has 1 aliphatic heterocycles. The summed E-state index contributed by atoms with van der Waals surface area (Å²) in [5.41, 5.74) is 0.984. The third kappa shape index (κ3) is 11.5. The number of carbonyl (C=O) groups excluding carboxylic acids is 1. The summed E-state index contributed by atoms with van der Waals surface area (Å²) >= 11 is 0. The molecule has 1 heterocycles. The lowest BCUT2D eigenvalue weighted by molar-refractivity contribution is -0.119. The molecule has 0 atom stereocenters. The number of nitrogens with one attached hydrogen (secondary N) is 2. The van der Waals surface area contributed by atoms with E-state index >= 15 is 0 Å². The number of ether oxygens (including phenoxy) is 1. The van der Waals surface area contributed by atoms with Crippen molar-refractivity contribution in [2.24, 2.45) is 5.92 Å². The first-order chi connectivity index (χ1) is 14.7. The highest BCUT2D eigenvalue weighted by Crippen LogP contribution is 2.13. The van der Waals surface area contributed by atoms with Crippen molar-refractivity contribution < 1.29 is 14.6 Å². The average molecular weight is 431 g/mol. The van der Waals surface area contributed by atoms with Crippen LogP contribution in [0.15, 0.2) is 29.8 Å². The topological polar surface area (TPSA) is 97.6 Å². The van der Waals surface area contributed by atoms with E-state index in [9.17, 15) is 15.2 Å². The molecule has 7 heteroatoms. The van der Waals surface area contributed by atoms with Crippen molar-refractivity contribution in [1.82, 2.24) is 10.2 Å². The van der Waals surface area contributed by atoms with Crippen LogP contribution in [0, 0.1) is 17.2 Å². The molecule has 1 amide bonds. The van der Waals surface area contributed by atoms with Gasteiger partial charge >= 0.3 is 0 Å². The SMILES string of the molecule is CC(C)(CO)NC(=O)/C(C#N)=C/c1ccc(NCCN2CCOCC2)cc1.CC(C)C. The Labute approximate surface area is 187 Å². The van der Waals surface area contributed by atoms with Gasteiger partial charge in [-0.2, -0.15) is 5.26 Å². The quantitative estimate of drug-likeness (QED) is 0.433.